The van der Waals surface area contributed by atoms with Crippen molar-refractivity contribution in [3.8, 4) is 0 Å². The Kier molecular flexibility index (Phi) is 6.60. The number of amides is 2. The van der Waals surface area contributed by atoms with Crippen molar-refractivity contribution >= 4 is 18.0 Å². The number of alkyl carbamates (subject to hydrolysis) is 1. The largest absolute Gasteiger partial charge is 0.466 e. The molecule has 0 spiro atoms. The summed E-state index contributed by atoms with van der Waals surface area (Å²) >= 11 is 0. The van der Waals surface area contributed by atoms with Crippen molar-refractivity contribution in [1.82, 2.24) is 10.6 Å². The molecular formula is C19H32N2O7. The van der Waals surface area contributed by atoms with Crippen molar-refractivity contribution < 1.29 is 33.3 Å². The molecule has 0 bridgehead atoms. The third-order valence-corrected chi connectivity index (χ3v) is 4.52. The van der Waals surface area contributed by atoms with Crippen LogP contribution in [0.5, 0.6) is 0 Å². The van der Waals surface area contributed by atoms with E-state index >= 15 is 0 Å². The van der Waals surface area contributed by atoms with Crippen LogP contribution < -0.4 is 10.6 Å². The maximum Gasteiger partial charge on any atom is 0.407 e. The van der Waals surface area contributed by atoms with Gasteiger partial charge in [0.25, 0.3) is 0 Å². The summed E-state index contributed by atoms with van der Waals surface area (Å²) in [6.07, 6.45) is -1.62. The van der Waals surface area contributed by atoms with Crippen molar-refractivity contribution in [2.24, 2.45) is 5.92 Å². The van der Waals surface area contributed by atoms with E-state index in [2.05, 4.69) is 10.6 Å². The van der Waals surface area contributed by atoms with Crippen LogP contribution in [0.25, 0.3) is 0 Å². The summed E-state index contributed by atoms with van der Waals surface area (Å²) in [6.45, 7) is 12.1. The number of hydrogen-bond donors (Lipinski definition) is 2. The number of nitrogens with one attached hydrogen (secondary N) is 2. The zero-order valence-electron chi connectivity index (χ0n) is 17.7. The highest BCUT2D eigenvalue weighted by atomic mass is 16.8. The molecule has 0 aromatic carbocycles. The zero-order valence-corrected chi connectivity index (χ0v) is 17.7. The Labute approximate surface area is 165 Å². The first-order valence-electron chi connectivity index (χ1n) is 9.62. The van der Waals surface area contributed by atoms with Gasteiger partial charge in [-0.3, -0.25) is 9.59 Å². The molecule has 0 aromatic heterocycles. The van der Waals surface area contributed by atoms with E-state index in [1.54, 1.807) is 41.5 Å². The minimum atomic E-state index is -0.933. The van der Waals surface area contributed by atoms with E-state index in [0.717, 1.165) is 0 Å². The second kappa shape index (κ2) is 8.24. The van der Waals surface area contributed by atoms with Gasteiger partial charge in [0.15, 0.2) is 5.79 Å². The van der Waals surface area contributed by atoms with Crippen LogP contribution in [0.2, 0.25) is 0 Å². The van der Waals surface area contributed by atoms with Crippen LogP contribution in [0.1, 0.15) is 54.9 Å². The molecule has 9 heteroatoms. The monoisotopic (exact) mass is 400 g/mol. The van der Waals surface area contributed by atoms with Gasteiger partial charge in [0, 0.05) is 6.92 Å². The Balaban J connectivity index is 2.30. The number of carbonyl (C=O) groups excluding carboxylic acids is 3. The SMILES string of the molecule is CCOC(=O)C1C[C@H](NC(=O)OC(C)(C)C)[C@@H](NC(C)=O)[C@@H]2OC(C)(C)O[C@H]12. The molecule has 9 nitrogen and oxygen atoms in total. The summed E-state index contributed by atoms with van der Waals surface area (Å²) in [5.41, 5.74) is -0.680. The fourth-order valence-electron chi connectivity index (χ4n) is 3.69. The van der Waals surface area contributed by atoms with Crippen molar-refractivity contribution in [2.75, 3.05) is 6.61 Å². The third-order valence-electron chi connectivity index (χ3n) is 4.52. The normalized spacial score (nSPS) is 31.5. The summed E-state index contributed by atoms with van der Waals surface area (Å²) in [4.78, 5) is 36.7. The van der Waals surface area contributed by atoms with Gasteiger partial charge >= 0.3 is 12.1 Å². The molecule has 2 N–H and O–H groups in total. The Morgan fingerprint density at radius 1 is 1.11 bits per heavy atom. The summed E-state index contributed by atoms with van der Waals surface area (Å²) < 4.78 is 22.5. The highest BCUT2D eigenvalue weighted by Crippen LogP contribution is 2.40. The number of carbonyl (C=O) groups is 3. The molecule has 2 rings (SSSR count). The second-order valence-corrected chi connectivity index (χ2v) is 8.64. The minimum absolute atomic E-state index is 0.226. The summed E-state index contributed by atoms with van der Waals surface area (Å²) in [7, 11) is 0. The Morgan fingerprint density at radius 3 is 2.25 bits per heavy atom. The van der Waals surface area contributed by atoms with Gasteiger partial charge in [0.1, 0.15) is 17.8 Å². The lowest BCUT2D eigenvalue weighted by molar-refractivity contribution is -0.163. The first kappa shape index (κ1) is 22.4. The predicted octanol–water partition coefficient (Wildman–Crippen LogP) is 1.49. The van der Waals surface area contributed by atoms with E-state index in [9.17, 15) is 14.4 Å². The number of hydrogen-bond acceptors (Lipinski definition) is 7. The van der Waals surface area contributed by atoms with E-state index in [1.165, 1.54) is 6.92 Å². The van der Waals surface area contributed by atoms with Gasteiger partial charge in [-0.1, -0.05) is 0 Å². The molecule has 2 aliphatic rings. The van der Waals surface area contributed by atoms with E-state index in [4.69, 9.17) is 18.9 Å². The summed E-state index contributed by atoms with van der Waals surface area (Å²) in [5.74, 6) is -2.27. The number of rotatable bonds is 4. The maximum absolute atomic E-state index is 12.6. The van der Waals surface area contributed by atoms with E-state index in [-0.39, 0.29) is 18.9 Å². The van der Waals surface area contributed by atoms with E-state index < -0.39 is 53.7 Å². The van der Waals surface area contributed by atoms with Crippen LogP contribution in [0, 0.1) is 5.92 Å². The molecule has 28 heavy (non-hydrogen) atoms. The van der Waals surface area contributed by atoms with Crippen LogP contribution >= 0.6 is 0 Å². The average molecular weight is 400 g/mol. The first-order chi connectivity index (χ1) is 12.8. The topological polar surface area (TPSA) is 112 Å². The molecule has 1 heterocycles. The predicted molar refractivity (Wildman–Crippen MR) is 99.3 cm³/mol. The van der Waals surface area contributed by atoms with Gasteiger partial charge in [0.2, 0.25) is 5.91 Å². The molecule has 1 saturated heterocycles. The van der Waals surface area contributed by atoms with Crippen LogP contribution in [0.3, 0.4) is 0 Å². The molecular weight excluding hydrogens is 368 g/mol. The van der Waals surface area contributed by atoms with Crippen LogP contribution in [-0.4, -0.2) is 60.3 Å². The Hall–Kier alpha value is -1.87. The van der Waals surface area contributed by atoms with Gasteiger partial charge < -0.3 is 29.6 Å². The highest BCUT2D eigenvalue weighted by Gasteiger charge is 2.57. The maximum atomic E-state index is 12.6. The molecule has 0 radical (unpaired) electrons. The summed E-state index contributed by atoms with van der Waals surface area (Å²) in [5, 5.41) is 5.61. The fourth-order valence-corrected chi connectivity index (χ4v) is 3.69. The van der Waals surface area contributed by atoms with Crippen molar-refractivity contribution in [3.63, 3.8) is 0 Å². The highest BCUT2D eigenvalue weighted by molar-refractivity contribution is 5.76. The molecule has 2 amide bonds. The first-order valence-corrected chi connectivity index (χ1v) is 9.62. The van der Waals surface area contributed by atoms with Crippen LogP contribution in [0.4, 0.5) is 4.79 Å². The van der Waals surface area contributed by atoms with E-state index in [1.807, 2.05) is 0 Å². The van der Waals surface area contributed by atoms with Gasteiger partial charge in [-0.25, -0.2) is 4.79 Å². The Bertz CT molecular complexity index is 614. The molecule has 1 saturated carbocycles. The molecule has 1 aliphatic heterocycles. The van der Waals surface area contributed by atoms with Gasteiger partial charge in [-0.05, 0) is 48.0 Å². The quantitative estimate of drug-likeness (QED) is 0.688. The standard InChI is InChI=1S/C19H32N2O7/c1-8-25-16(23)11-9-12(21-17(24)28-18(3,4)5)13(20-10(2)22)15-14(11)26-19(6,7)27-15/h11-15H,8-9H2,1-7H3,(H,20,22)(H,21,24)/t11?,12-,13+,14+,15-/m0/s1. The van der Waals surface area contributed by atoms with Crippen molar-refractivity contribution in [3.05, 3.63) is 0 Å². The van der Waals surface area contributed by atoms with Crippen molar-refractivity contribution in [2.45, 2.75) is 90.6 Å². The summed E-state index contributed by atoms with van der Waals surface area (Å²) in [6, 6.07) is -1.17. The number of ether oxygens (including phenoxy) is 4. The lowest BCUT2D eigenvalue weighted by Gasteiger charge is -2.41. The van der Waals surface area contributed by atoms with Crippen LogP contribution in [-0.2, 0) is 28.5 Å². The Morgan fingerprint density at radius 2 is 1.71 bits per heavy atom. The molecule has 2 fully saturated rings. The minimum Gasteiger partial charge on any atom is -0.466 e. The lowest BCUT2D eigenvalue weighted by Crippen LogP contribution is -2.65. The average Bonchev–Trinajstić information content (AvgIpc) is 2.82. The van der Waals surface area contributed by atoms with Gasteiger partial charge in [-0.2, -0.15) is 0 Å². The number of esters is 1. The van der Waals surface area contributed by atoms with Crippen LogP contribution in [0.15, 0.2) is 0 Å². The fraction of sp³-hybridized carbons (Fsp3) is 0.842. The molecule has 1 aliphatic carbocycles. The van der Waals surface area contributed by atoms with Gasteiger partial charge in [0.05, 0.1) is 24.6 Å². The zero-order chi connectivity index (χ0) is 21.3. The number of fused-ring (bicyclic) bond motifs is 1. The smallest absolute Gasteiger partial charge is 0.407 e. The molecule has 5 atom stereocenters. The van der Waals surface area contributed by atoms with Crippen molar-refractivity contribution in [1.29, 1.82) is 0 Å². The molecule has 1 unspecified atom stereocenters. The molecule has 0 aromatic rings. The second-order valence-electron chi connectivity index (χ2n) is 8.64. The van der Waals surface area contributed by atoms with E-state index in [0.29, 0.717) is 0 Å². The third kappa shape index (κ3) is 5.57. The molecule has 160 valence electrons. The lowest BCUT2D eigenvalue weighted by atomic mass is 9.78. The van der Waals surface area contributed by atoms with Gasteiger partial charge in [-0.15, -0.1) is 0 Å².